The molecule has 2 atom stereocenters. The lowest BCUT2D eigenvalue weighted by Gasteiger charge is -2.09. The zero-order valence-corrected chi connectivity index (χ0v) is 28.4. The standard InChI is InChI=1S/C16H18.C10H14.C9H12.CO2.3H2S/c1-3-13(2)14-9-11-16(12-10-14)15-7-5-4-6-8-15;1-3-9(2)10-7-5-4-6-8-10;1-8(2)9-6-4-3-5-7-9;2-1-3;;;/h4-13H,3H2,1-2H3;4-9H,3H2,1-2H3;3-8H,1-2H3;;3*1H2/t13-;9-;;;;;/m00...../s1. The molecule has 0 saturated heterocycles. The SMILES string of the molecule is CC(C)c1ccccc1.CC[C@H](C)c1ccc(-c2ccccc2)cc1.CC[C@H](C)c1ccccc1.O=C=O.S.S.S. The first kappa shape index (κ1) is 42.8. The first-order valence-corrected chi connectivity index (χ1v) is 13.6. The van der Waals surface area contributed by atoms with E-state index in [0.717, 1.165) is 0 Å². The average molecular weight is 611 g/mol. The van der Waals surface area contributed by atoms with E-state index in [1.807, 2.05) is 6.07 Å². The van der Waals surface area contributed by atoms with Gasteiger partial charge in [0.25, 0.3) is 0 Å². The van der Waals surface area contributed by atoms with Crippen molar-refractivity contribution in [3.05, 3.63) is 132 Å². The highest BCUT2D eigenvalue weighted by molar-refractivity contribution is 7.59. The van der Waals surface area contributed by atoms with Gasteiger partial charge in [-0.1, -0.05) is 157 Å². The second-order valence-corrected chi connectivity index (χ2v) is 9.67. The number of hydrogen-bond donors (Lipinski definition) is 0. The maximum atomic E-state index is 8.12. The van der Waals surface area contributed by atoms with Gasteiger partial charge < -0.3 is 0 Å². The largest absolute Gasteiger partial charge is 0.373 e. The lowest BCUT2D eigenvalue weighted by molar-refractivity contribution is -0.191. The van der Waals surface area contributed by atoms with Crippen molar-refractivity contribution >= 4 is 46.6 Å². The van der Waals surface area contributed by atoms with Gasteiger partial charge in [-0.05, 0) is 58.4 Å². The molecule has 0 saturated carbocycles. The van der Waals surface area contributed by atoms with E-state index in [9.17, 15) is 0 Å². The number of benzene rings is 4. The molecule has 0 spiro atoms. The third-order valence-electron chi connectivity index (χ3n) is 6.65. The van der Waals surface area contributed by atoms with Crippen LogP contribution in [0.1, 0.15) is 88.8 Å². The van der Waals surface area contributed by atoms with Gasteiger partial charge in [0.2, 0.25) is 0 Å². The molecule has 0 aliphatic carbocycles. The molecular weight excluding hydrogens is 561 g/mol. The Morgan fingerprint density at radius 1 is 0.463 bits per heavy atom. The predicted molar refractivity (Wildman–Crippen MR) is 192 cm³/mol. The van der Waals surface area contributed by atoms with Crippen molar-refractivity contribution in [2.45, 2.75) is 72.1 Å². The Bertz CT molecular complexity index is 1140. The summed E-state index contributed by atoms with van der Waals surface area (Å²) >= 11 is 0. The van der Waals surface area contributed by atoms with Crippen LogP contribution in [0.25, 0.3) is 11.1 Å². The fourth-order valence-corrected chi connectivity index (χ4v) is 3.73. The molecule has 0 radical (unpaired) electrons. The fraction of sp³-hybridized carbons (Fsp3) is 0.306. The zero-order chi connectivity index (χ0) is 28.2. The second kappa shape index (κ2) is 26.2. The van der Waals surface area contributed by atoms with Crippen molar-refractivity contribution in [3.63, 3.8) is 0 Å². The summed E-state index contributed by atoms with van der Waals surface area (Å²) in [5.41, 5.74) is 6.88. The van der Waals surface area contributed by atoms with Gasteiger partial charge in [-0.15, -0.1) is 0 Å². The summed E-state index contributed by atoms with van der Waals surface area (Å²) in [6.45, 7) is 13.4. The molecule has 5 heteroatoms. The van der Waals surface area contributed by atoms with Crippen LogP contribution in [0.5, 0.6) is 0 Å². The van der Waals surface area contributed by atoms with Crippen LogP contribution < -0.4 is 0 Å². The molecule has 4 aromatic rings. The quantitative estimate of drug-likeness (QED) is 0.218. The highest BCUT2D eigenvalue weighted by atomic mass is 32.1. The van der Waals surface area contributed by atoms with Crippen molar-refractivity contribution in [2.24, 2.45) is 0 Å². The predicted octanol–water partition coefficient (Wildman–Crippen LogP) is 10.6. The Hall–Kier alpha value is -2.69. The Kier molecular flexibility index (Phi) is 27.4. The van der Waals surface area contributed by atoms with Gasteiger partial charge in [0.15, 0.2) is 0 Å². The number of rotatable bonds is 6. The summed E-state index contributed by atoms with van der Waals surface area (Å²) in [6, 6.07) is 40.6. The minimum Gasteiger partial charge on any atom is -0.197 e. The third kappa shape index (κ3) is 17.7. The zero-order valence-electron chi connectivity index (χ0n) is 25.4. The van der Waals surface area contributed by atoms with Crippen molar-refractivity contribution < 1.29 is 9.59 Å². The summed E-state index contributed by atoms with van der Waals surface area (Å²) in [6.07, 6.45) is 2.68. The molecule has 4 rings (SSSR count). The summed E-state index contributed by atoms with van der Waals surface area (Å²) < 4.78 is 0. The van der Waals surface area contributed by atoms with Crippen LogP contribution >= 0.6 is 40.5 Å². The van der Waals surface area contributed by atoms with E-state index in [0.29, 0.717) is 17.8 Å². The molecule has 224 valence electrons. The molecule has 0 fully saturated rings. The maximum absolute atomic E-state index is 8.12. The Morgan fingerprint density at radius 3 is 1.07 bits per heavy atom. The summed E-state index contributed by atoms with van der Waals surface area (Å²) in [5, 5.41) is 0. The monoisotopic (exact) mass is 610 g/mol. The van der Waals surface area contributed by atoms with E-state index in [1.165, 1.54) is 40.7 Å². The van der Waals surface area contributed by atoms with Crippen LogP contribution in [0.2, 0.25) is 0 Å². The molecule has 0 amide bonds. The van der Waals surface area contributed by atoms with Crippen LogP contribution in [0.4, 0.5) is 0 Å². The van der Waals surface area contributed by atoms with E-state index in [-0.39, 0.29) is 46.6 Å². The van der Waals surface area contributed by atoms with Crippen molar-refractivity contribution in [2.75, 3.05) is 0 Å². The number of carbonyl (C=O) groups excluding carboxylic acids is 2. The van der Waals surface area contributed by atoms with E-state index >= 15 is 0 Å². The second-order valence-electron chi connectivity index (χ2n) is 9.67. The van der Waals surface area contributed by atoms with E-state index in [4.69, 9.17) is 9.59 Å². The van der Waals surface area contributed by atoms with Crippen LogP contribution in [0, 0.1) is 0 Å². The lowest BCUT2D eigenvalue weighted by atomic mass is 9.96. The van der Waals surface area contributed by atoms with Gasteiger partial charge in [-0.3, -0.25) is 0 Å². The van der Waals surface area contributed by atoms with E-state index in [2.05, 4.69) is 151 Å². The first-order valence-electron chi connectivity index (χ1n) is 13.6. The minimum atomic E-state index is 0. The molecule has 0 bridgehead atoms. The van der Waals surface area contributed by atoms with Crippen LogP contribution in [-0.2, 0) is 9.59 Å². The van der Waals surface area contributed by atoms with Crippen LogP contribution in [-0.4, -0.2) is 6.15 Å². The Labute approximate surface area is 270 Å². The minimum absolute atomic E-state index is 0. The van der Waals surface area contributed by atoms with Crippen LogP contribution in [0.3, 0.4) is 0 Å². The highest BCUT2D eigenvalue weighted by Gasteiger charge is 2.03. The molecule has 0 N–H and O–H groups in total. The molecule has 0 unspecified atom stereocenters. The normalized spacial score (nSPS) is 10.4. The van der Waals surface area contributed by atoms with Crippen molar-refractivity contribution in [1.82, 2.24) is 0 Å². The molecule has 41 heavy (non-hydrogen) atoms. The summed E-state index contributed by atoms with van der Waals surface area (Å²) in [5.74, 6) is 2.03. The molecular formula is C36H50O2S3. The first-order chi connectivity index (χ1) is 18.4. The van der Waals surface area contributed by atoms with Gasteiger partial charge in [0.1, 0.15) is 0 Å². The Morgan fingerprint density at radius 2 is 0.756 bits per heavy atom. The van der Waals surface area contributed by atoms with Crippen LogP contribution in [0.15, 0.2) is 115 Å². The summed E-state index contributed by atoms with van der Waals surface area (Å²) in [4.78, 5) is 16.2. The molecule has 0 aliphatic rings. The lowest BCUT2D eigenvalue weighted by Crippen LogP contribution is -1.90. The van der Waals surface area contributed by atoms with Gasteiger partial charge in [-0.2, -0.15) is 50.1 Å². The molecule has 0 heterocycles. The third-order valence-corrected chi connectivity index (χ3v) is 6.65. The topological polar surface area (TPSA) is 34.1 Å². The van der Waals surface area contributed by atoms with E-state index < -0.39 is 0 Å². The van der Waals surface area contributed by atoms with Gasteiger partial charge in [-0.25, -0.2) is 0 Å². The molecule has 4 aromatic carbocycles. The number of hydrogen-bond acceptors (Lipinski definition) is 2. The molecule has 0 aliphatic heterocycles. The van der Waals surface area contributed by atoms with Crippen molar-refractivity contribution in [1.29, 1.82) is 0 Å². The summed E-state index contributed by atoms with van der Waals surface area (Å²) in [7, 11) is 0. The average Bonchev–Trinajstić information content (AvgIpc) is 2.99. The fourth-order valence-electron chi connectivity index (χ4n) is 3.73. The smallest absolute Gasteiger partial charge is 0.197 e. The van der Waals surface area contributed by atoms with Gasteiger partial charge in [0.05, 0.1) is 0 Å². The molecule has 2 nitrogen and oxygen atoms in total. The van der Waals surface area contributed by atoms with Gasteiger partial charge in [0, 0.05) is 0 Å². The highest BCUT2D eigenvalue weighted by Crippen LogP contribution is 2.24. The van der Waals surface area contributed by atoms with E-state index in [1.54, 1.807) is 0 Å². The Balaban J connectivity index is -0.000000508. The maximum Gasteiger partial charge on any atom is 0.373 e. The molecule has 0 aromatic heterocycles. The van der Waals surface area contributed by atoms with Gasteiger partial charge >= 0.3 is 6.15 Å². The van der Waals surface area contributed by atoms with Crippen molar-refractivity contribution in [3.8, 4) is 11.1 Å².